The minimum absolute atomic E-state index is 0. The molecule has 7 rings (SSSR count). The third kappa shape index (κ3) is 12.3. The molecule has 0 aliphatic carbocycles. The molecule has 0 aliphatic rings. The first kappa shape index (κ1) is 43.3. The fourth-order valence-electron chi connectivity index (χ4n) is 5.60. The van der Waals surface area contributed by atoms with E-state index in [0.717, 1.165) is 0 Å². The van der Waals surface area contributed by atoms with Gasteiger partial charge in [0, 0.05) is 21.1 Å². The molecule has 10 heteroatoms. The summed E-state index contributed by atoms with van der Waals surface area (Å²) in [6, 6.07) is 71.2. The maximum Gasteiger partial charge on any atom is 0.118 e. The topological polar surface area (TPSA) is 106 Å². The molecule has 0 fully saturated rings. The zero-order valence-corrected chi connectivity index (χ0v) is 34.5. The Kier molecular flexibility index (Phi) is 18.2. The second kappa shape index (κ2) is 23.5. The van der Waals surface area contributed by atoms with Gasteiger partial charge in [-0.3, -0.25) is 20.3 Å². The summed E-state index contributed by atoms with van der Waals surface area (Å²) in [5, 5.41) is 36.2. The van der Waals surface area contributed by atoms with Crippen LogP contribution in [-0.2, 0) is 26.0 Å². The minimum Gasteiger partial charge on any atom is -0.497 e. The number of nitriles is 1. The largest absolute Gasteiger partial charge is 0.497 e. The third-order valence-electron chi connectivity index (χ3n) is 8.17. The average molecular weight is 957 g/mol. The Morgan fingerprint density at radius 3 is 1.02 bits per heavy atom. The summed E-state index contributed by atoms with van der Waals surface area (Å²) in [5.74, 6) is 0.546. The van der Waals surface area contributed by atoms with Gasteiger partial charge in [-0.2, -0.15) is 0 Å². The van der Waals surface area contributed by atoms with Crippen LogP contribution in [-0.4, -0.2) is 17.3 Å². The predicted octanol–water partition coefficient (Wildman–Crippen LogP) is 8.45. The Labute approximate surface area is 345 Å². The molecule has 0 bridgehead atoms. The molecule has 7 aromatic carbocycles. The summed E-state index contributed by atoms with van der Waals surface area (Å²) in [7, 11) is 0.579. The molecule has 0 heterocycles. The standard InChI is InChI=1S/2C18H15P.C10H9N2O5.Pt/c2*1-4-10-16(11-5-1)19(17-12-6-2-7-13-17)18-14-8-3-9-15-18;1-16-8-4-2-7(3-5-8)10(17-15)9(6-11)12(13)14;/h2*1-15H;2-5,10,15H,1H3;/q;;-1;. The Morgan fingerprint density at radius 2 is 0.821 bits per heavy atom. The number of nitro groups is 1. The Morgan fingerprint density at radius 1 is 0.554 bits per heavy atom. The molecule has 0 radical (unpaired) electrons. The Hall–Kier alpha value is -5.43. The molecule has 1 N–H and O–H groups in total. The average Bonchev–Trinajstić information content (AvgIpc) is 3.26. The zero-order chi connectivity index (χ0) is 38.7. The first-order valence-electron chi connectivity index (χ1n) is 17.3. The van der Waals surface area contributed by atoms with Crippen molar-refractivity contribution in [1.29, 1.82) is 5.26 Å². The molecule has 7 nitrogen and oxygen atoms in total. The van der Waals surface area contributed by atoms with Gasteiger partial charge < -0.3 is 4.74 Å². The van der Waals surface area contributed by atoms with Gasteiger partial charge in [-0.15, -0.1) is 0 Å². The molecule has 0 saturated carbocycles. The normalized spacial score (nSPS) is 10.6. The SMILES string of the molecule is COc1ccc(C(OO)[C-](C#N)[N+](=O)[O-])cc1.[Pt].c1ccc(P(c2ccccc2)c2ccccc2)cc1.c1ccc(P(c2ccccc2)c2ccccc2)cc1. The van der Waals surface area contributed by atoms with Crippen LogP contribution < -0.4 is 36.6 Å². The molecular weight excluding hydrogens is 918 g/mol. The van der Waals surface area contributed by atoms with Crippen LogP contribution in [0, 0.1) is 27.5 Å². The van der Waals surface area contributed by atoms with Gasteiger partial charge >= 0.3 is 0 Å². The minimum atomic E-state index is -1.42. The Balaban J connectivity index is 0.000000185. The van der Waals surface area contributed by atoms with E-state index in [-0.39, 0.29) is 26.6 Å². The fraction of sp³-hybridized carbons (Fsp3) is 0.0435. The molecule has 284 valence electrons. The van der Waals surface area contributed by atoms with Crippen LogP contribution in [0.5, 0.6) is 5.75 Å². The van der Waals surface area contributed by atoms with E-state index >= 15 is 0 Å². The first-order chi connectivity index (χ1) is 27.0. The predicted molar refractivity (Wildman–Crippen MR) is 226 cm³/mol. The quantitative estimate of drug-likeness (QED) is 0.0459. The van der Waals surface area contributed by atoms with Gasteiger partial charge in [-0.25, -0.2) is 5.26 Å². The van der Waals surface area contributed by atoms with E-state index in [4.69, 9.17) is 15.3 Å². The molecule has 0 spiro atoms. The number of hydrogen-bond acceptors (Lipinski definition) is 6. The van der Waals surface area contributed by atoms with Crippen LogP contribution in [0.25, 0.3) is 0 Å². The second-order valence-electron chi connectivity index (χ2n) is 11.7. The van der Waals surface area contributed by atoms with E-state index in [1.54, 1.807) is 0 Å². The van der Waals surface area contributed by atoms with Crippen LogP contribution in [0.3, 0.4) is 0 Å². The molecule has 0 amide bonds. The fourth-order valence-corrected chi connectivity index (χ4v) is 10.2. The van der Waals surface area contributed by atoms with Crippen LogP contribution in [0.4, 0.5) is 0 Å². The summed E-state index contributed by atoms with van der Waals surface area (Å²) in [6.07, 6.45) is -1.42. The van der Waals surface area contributed by atoms with Crippen molar-refractivity contribution in [2.75, 3.05) is 7.11 Å². The van der Waals surface area contributed by atoms with Gasteiger partial charge in [0.1, 0.15) is 5.75 Å². The molecule has 56 heavy (non-hydrogen) atoms. The number of hydrogen-bond donors (Lipinski definition) is 1. The van der Waals surface area contributed by atoms with Gasteiger partial charge in [-0.1, -0.05) is 199 Å². The first-order valence-corrected chi connectivity index (χ1v) is 20.0. The van der Waals surface area contributed by atoms with Crippen molar-refractivity contribution in [3.63, 3.8) is 0 Å². The van der Waals surface area contributed by atoms with E-state index in [0.29, 0.717) is 5.75 Å². The van der Waals surface area contributed by atoms with E-state index in [2.05, 4.69) is 187 Å². The smallest absolute Gasteiger partial charge is 0.118 e. The number of methoxy groups -OCH3 is 1. The van der Waals surface area contributed by atoms with Crippen LogP contribution in [0.1, 0.15) is 11.7 Å². The van der Waals surface area contributed by atoms with E-state index < -0.39 is 32.9 Å². The summed E-state index contributed by atoms with van der Waals surface area (Å²) in [5.41, 5.74) is 0.279. The monoisotopic (exact) mass is 956 g/mol. The summed E-state index contributed by atoms with van der Waals surface area (Å²) in [4.78, 5) is 13.6. The molecule has 1 unspecified atom stereocenters. The van der Waals surface area contributed by atoms with Crippen LogP contribution in [0.2, 0.25) is 0 Å². The van der Waals surface area contributed by atoms with Crippen molar-refractivity contribution in [3.8, 4) is 11.8 Å². The number of ether oxygens (including phenoxy) is 1. The maximum atomic E-state index is 10.6. The third-order valence-corrected chi connectivity index (χ3v) is 13.1. The summed E-state index contributed by atoms with van der Waals surface area (Å²) in [6.45, 7) is 0. The van der Waals surface area contributed by atoms with Gasteiger partial charge in [-0.05, 0) is 71.4 Å². The summed E-state index contributed by atoms with van der Waals surface area (Å²) >= 11 is 0. The molecular formula is C46H39N2O5P2Pt-. The van der Waals surface area contributed by atoms with E-state index in [1.165, 1.54) is 69.3 Å². The molecule has 0 aromatic heterocycles. The van der Waals surface area contributed by atoms with Crippen molar-refractivity contribution in [3.05, 3.63) is 228 Å². The van der Waals surface area contributed by atoms with Crippen molar-refractivity contribution in [1.82, 2.24) is 0 Å². The Bertz CT molecular complexity index is 1880. The number of benzene rings is 7. The van der Waals surface area contributed by atoms with Crippen LogP contribution >= 0.6 is 15.8 Å². The van der Waals surface area contributed by atoms with Gasteiger partial charge in [0.15, 0.2) is 0 Å². The van der Waals surface area contributed by atoms with Crippen molar-refractivity contribution < 1.29 is 40.9 Å². The van der Waals surface area contributed by atoms with E-state index in [9.17, 15) is 10.1 Å². The number of nitrogens with zero attached hydrogens (tertiary/aromatic N) is 2. The molecule has 0 aliphatic heterocycles. The van der Waals surface area contributed by atoms with Gasteiger partial charge in [0.2, 0.25) is 0 Å². The second-order valence-corrected chi connectivity index (χ2v) is 16.1. The number of rotatable bonds is 11. The molecule has 7 aromatic rings. The molecule has 1 atom stereocenters. The van der Waals surface area contributed by atoms with Crippen molar-refractivity contribution >= 4 is 47.7 Å². The van der Waals surface area contributed by atoms with E-state index in [1.807, 2.05) is 0 Å². The zero-order valence-electron chi connectivity index (χ0n) is 30.4. The summed E-state index contributed by atoms with van der Waals surface area (Å²) < 4.78 is 4.91. The van der Waals surface area contributed by atoms with Gasteiger partial charge in [0.05, 0.1) is 19.3 Å². The van der Waals surface area contributed by atoms with Gasteiger partial charge in [0.25, 0.3) is 0 Å². The van der Waals surface area contributed by atoms with Crippen molar-refractivity contribution in [2.45, 2.75) is 6.10 Å². The molecule has 0 saturated heterocycles. The van der Waals surface area contributed by atoms with Crippen LogP contribution in [0.15, 0.2) is 206 Å². The maximum absolute atomic E-state index is 10.6. The van der Waals surface area contributed by atoms with Crippen molar-refractivity contribution in [2.24, 2.45) is 0 Å².